The van der Waals surface area contributed by atoms with Gasteiger partial charge < -0.3 is 14.6 Å². The molecule has 0 saturated heterocycles. The van der Waals surface area contributed by atoms with Gasteiger partial charge in [-0.3, -0.25) is 0 Å². The number of ether oxygens (including phenoxy) is 1. The van der Waals surface area contributed by atoms with Gasteiger partial charge in [-0.1, -0.05) is 24.3 Å². The number of hydrogen-bond acceptors (Lipinski definition) is 2. The second-order valence-electron chi connectivity index (χ2n) is 4.86. The van der Waals surface area contributed by atoms with Crippen LogP contribution in [0.5, 0.6) is 0 Å². The second kappa shape index (κ2) is 7.88. The Morgan fingerprint density at radius 2 is 1.85 bits per heavy atom. The van der Waals surface area contributed by atoms with E-state index in [9.17, 15) is 0 Å². The summed E-state index contributed by atoms with van der Waals surface area (Å²) in [6, 6.07) is 10.6. The molecule has 108 valence electrons. The molecule has 0 aliphatic heterocycles. The third-order valence-corrected chi connectivity index (χ3v) is 3.40. The summed E-state index contributed by atoms with van der Waals surface area (Å²) in [4.78, 5) is 0. The molecule has 1 aromatic carbocycles. The first-order valence-electron chi connectivity index (χ1n) is 7.33. The van der Waals surface area contributed by atoms with Gasteiger partial charge >= 0.3 is 0 Å². The molecule has 2 rings (SSSR count). The fourth-order valence-corrected chi connectivity index (χ4v) is 2.22. The summed E-state index contributed by atoms with van der Waals surface area (Å²) in [5.74, 6) is 0. The summed E-state index contributed by atoms with van der Waals surface area (Å²) in [5, 5.41) is 3.50. The minimum Gasteiger partial charge on any atom is -0.377 e. The lowest BCUT2D eigenvalue weighted by Gasteiger charge is -2.10. The fourth-order valence-electron chi connectivity index (χ4n) is 2.22. The first-order chi connectivity index (χ1) is 9.83. The average Bonchev–Trinajstić information content (AvgIpc) is 2.94. The minimum atomic E-state index is 0.695. The summed E-state index contributed by atoms with van der Waals surface area (Å²) in [5.41, 5.74) is 3.91. The van der Waals surface area contributed by atoms with Crippen LogP contribution in [0, 0.1) is 0 Å². The van der Waals surface area contributed by atoms with E-state index in [2.05, 4.69) is 59.5 Å². The van der Waals surface area contributed by atoms with Crippen molar-refractivity contribution in [2.75, 3.05) is 6.61 Å². The lowest BCUT2D eigenvalue weighted by molar-refractivity contribution is 0.133. The molecule has 0 fully saturated rings. The molecular weight excluding hydrogens is 248 g/mol. The molecule has 0 unspecified atom stereocenters. The Kier molecular flexibility index (Phi) is 5.84. The maximum atomic E-state index is 5.51. The molecule has 1 heterocycles. The topological polar surface area (TPSA) is 26.2 Å². The highest BCUT2D eigenvalue weighted by molar-refractivity contribution is 5.26. The third-order valence-electron chi connectivity index (χ3n) is 3.40. The van der Waals surface area contributed by atoms with Crippen molar-refractivity contribution in [3.8, 4) is 0 Å². The second-order valence-corrected chi connectivity index (χ2v) is 4.86. The maximum Gasteiger partial charge on any atom is 0.0719 e. The van der Waals surface area contributed by atoms with Gasteiger partial charge in [0.2, 0.25) is 0 Å². The van der Waals surface area contributed by atoms with Crippen LogP contribution in [0.15, 0.2) is 42.7 Å². The normalized spacial score (nSPS) is 10.9. The molecule has 0 bridgehead atoms. The van der Waals surface area contributed by atoms with Crippen LogP contribution in [0.1, 0.15) is 30.5 Å². The molecule has 0 aliphatic rings. The van der Waals surface area contributed by atoms with E-state index < -0.39 is 0 Å². The highest BCUT2D eigenvalue weighted by atomic mass is 16.5. The Hall–Kier alpha value is -1.58. The van der Waals surface area contributed by atoms with Gasteiger partial charge in [0.25, 0.3) is 0 Å². The van der Waals surface area contributed by atoms with Crippen molar-refractivity contribution in [3.05, 3.63) is 59.4 Å². The summed E-state index contributed by atoms with van der Waals surface area (Å²) in [7, 11) is 0. The number of rotatable bonds is 8. The van der Waals surface area contributed by atoms with Crippen LogP contribution < -0.4 is 5.32 Å². The molecule has 3 nitrogen and oxygen atoms in total. The molecular formula is C17H24N2O. The molecule has 0 spiro atoms. The predicted octanol–water partition coefficient (Wildman–Crippen LogP) is 3.33. The molecule has 1 N–H and O–H groups in total. The summed E-state index contributed by atoms with van der Waals surface area (Å²) in [6.07, 6.45) is 4.32. The standard InChI is InChI=1S/C17H24N2O/c1-3-19-10-9-15(13-19)11-18-12-16-7-5-6-8-17(16)14-20-4-2/h5-10,13,18H,3-4,11-12,14H2,1-2H3. The van der Waals surface area contributed by atoms with E-state index >= 15 is 0 Å². The van der Waals surface area contributed by atoms with Gasteiger partial charge in [-0.05, 0) is 36.6 Å². The largest absolute Gasteiger partial charge is 0.377 e. The summed E-state index contributed by atoms with van der Waals surface area (Å²) < 4.78 is 7.71. The van der Waals surface area contributed by atoms with Crippen LogP contribution in [0.2, 0.25) is 0 Å². The van der Waals surface area contributed by atoms with E-state index in [0.717, 1.165) is 26.2 Å². The van der Waals surface area contributed by atoms with Crippen molar-refractivity contribution >= 4 is 0 Å². The van der Waals surface area contributed by atoms with Crippen molar-refractivity contribution in [1.29, 1.82) is 0 Å². The third kappa shape index (κ3) is 4.22. The molecule has 3 heteroatoms. The molecule has 0 radical (unpaired) electrons. The van der Waals surface area contributed by atoms with E-state index in [0.29, 0.717) is 6.61 Å². The molecule has 0 saturated carbocycles. The van der Waals surface area contributed by atoms with E-state index in [1.807, 2.05) is 6.92 Å². The van der Waals surface area contributed by atoms with Crippen LogP contribution in [0.4, 0.5) is 0 Å². The van der Waals surface area contributed by atoms with Gasteiger partial charge in [0, 0.05) is 38.6 Å². The Morgan fingerprint density at radius 3 is 2.55 bits per heavy atom. The van der Waals surface area contributed by atoms with Crippen molar-refractivity contribution < 1.29 is 4.74 Å². The monoisotopic (exact) mass is 272 g/mol. The lowest BCUT2D eigenvalue weighted by atomic mass is 10.1. The van der Waals surface area contributed by atoms with E-state index in [4.69, 9.17) is 4.74 Å². The minimum absolute atomic E-state index is 0.695. The van der Waals surface area contributed by atoms with Crippen molar-refractivity contribution in [3.63, 3.8) is 0 Å². The van der Waals surface area contributed by atoms with Gasteiger partial charge in [-0.2, -0.15) is 0 Å². The molecule has 0 atom stereocenters. The Balaban J connectivity index is 1.87. The number of hydrogen-bond donors (Lipinski definition) is 1. The predicted molar refractivity (Wildman–Crippen MR) is 82.4 cm³/mol. The smallest absolute Gasteiger partial charge is 0.0719 e. The highest BCUT2D eigenvalue weighted by Gasteiger charge is 2.02. The van der Waals surface area contributed by atoms with Gasteiger partial charge in [0.1, 0.15) is 0 Å². The van der Waals surface area contributed by atoms with Crippen LogP contribution >= 0.6 is 0 Å². The van der Waals surface area contributed by atoms with E-state index in [-0.39, 0.29) is 0 Å². The highest BCUT2D eigenvalue weighted by Crippen LogP contribution is 2.10. The SMILES string of the molecule is CCOCc1ccccc1CNCc1ccn(CC)c1. The first kappa shape index (κ1) is 14.8. The van der Waals surface area contributed by atoms with Crippen molar-refractivity contribution in [1.82, 2.24) is 9.88 Å². The van der Waals surface area contributed by atoms with Crippen molar-refractivity contribution in [2.45, 2.75) is 40.1 Å². The molecule has 0 amide bonds. The van der Waals surface area contributed by atoms with E-state index in [1.54, 1.807) is 0 Å². The van der Waals surface area contributed by atoms with Gasteiger partial charge in [-0.15, -0.1) is 0 Å². The maximum absolute atomic E-state index is 5.51. The molecule has 20 heavy (non-hydrogen) atoms. The number of aryl methyl sites for hydroxylation is 1. The van der Waals surface area contributed by atoms with Crippen LogP contribution in [-0.4, -0.2) is 11.2 Å². The Bertz CT molecular complexity index is 519. The molecule has 1 aromatic heterocycles. The van der Waals surface area contributed by atoms with Crippen LogP contribution in [0.25, 0.3) is 0 Å². The summed E-state index contributed by atoms with van der Waals surface area (Å²) in [6.45, 7) is 8.43. The Labute approximate surface area is 121 Å². The zero-order valence-electron chi connectivity index (χ0n) is 12.4. The summed E-state index contributed by atoms with van der Waals surface area (Å²) >= 11 is 0. The van der Waals surface area contributed by atoms with Gasteiger partial charge in [0.15, 0.2) is 0 Å². The van der Waals surface area contributed by atoms with Gasteiger partial charge in [-0.25, -0.2) is 0 Å². The van der Waals surface area contributed by atoms with Crippen LogP contribution in [-0.2, 0) is 31.0 Å². The average molecular weight is 272 g/mol. The van der Waals surface area contributed by atoms with E-state index in [1.165, 1.54) is 16.7 Å². The molecule has 0 aliphatic carbocycles. The quantitative estimate of drug-likeness (QED) is 0.797. The number of nitrogens with one attached hydrogen (secondary N) is 1. The fraction of sp³-hybridized carbons (Fsp3) is 0.412. The number of aromatic nitrogens is 1. The molecule has 2 aromatic rings. The lowest BCUT2D eigenvalue weighted by Crippen LogP contribution is -2.14. The number of nitrogens with zero attached hydrogens (tertiary/aromatic N) is 1. The zero-order valence-corrected chi connectivity index (χ0v) is 12.4. The number of benzene rings is 1. The van der Waals surface area contributed by atoms with Gasteiger partial charge in [0.05, 0.1) is 6.61 Å². The van der Waals surface area contributed by atoms with Crippen molar-refractivity contribution in [2.24, 2.45) is 0 Å². The Morgan fingerprint density at radius 1 is 1.05 bits per heavy atom. The zero-order chi connectivity index (χ0) is 14.2. The van der Waals surface area contributed by atoms with Crippen LogP contribution in [0.3, 0.4) is 0 Å². The first-order valence-corrected chi connectivity index (χ1v) is 7.33.